The summed E-state index contributed by atoms with van der Waals surface area (Å²) in [7, 11) is 0. The standard InChI is InChI=1S/C9H14N2O5/c12-8(13)7(9(14)15)5-6-1-3-11(10-16)4-2-6/h6-7H,1-5H2,(H,12,13)(H,14,15). The first-order valence-electron chi connectivity index (χ1n) is 5.08. The van der Waals surface area contributed by atoms with Crippen LogP contribution in [-0.4, -0.2) is 40.3 Å². The number of carboxylic acid groups (broad SMARTS) is 2. The van der Waals surface area contributed by atoms with Gasteiger partial charge in [-0.05, 0) is 25.2 Å². The molecule has 1 rings (SSSR count). The Labute approximate surface area is 92.0 Å². The van der Waals surface area contributed by atoms with Gasteiger partial charge in [-0.2, -0.15) is 0 Å². The number of aliphatic carboxylic acids is 2. The first-order valence-corrected chi connectivity index (χ1v) is 5.08. The lowest BCUT2D eigenvalue weighted by molar-refractivity contribution is -0.155. The molecule has 0 aromatic carbocycles. The molecule has 0 unspecified atom stereocenters. The van der Waals surface area contributed by atoms with Crippen LogP contribution in [0.25, 0.3) is 0 Å². The SMILES string of the molecule is O=NN1CCC(CC(C(=O)O)C(=O)O)CC1. The van der Waals surface area contributed by atoms with Crippen LogP contribution in [0, 0.1) is 16.7 Å². The molecule has 1 aliphatic rings. The molecule has 0 saturated carbocycles. The van der Waals surface area contributed by atoms with Crippen molar-refractivity contribution in [1.29, 1.82) is 0 Å². The van der Waals surface area contributed by atoms with Crippen LogP contribution in [0.15, 0.2) is 5.29 Å². The fraction of sp³-hybridized carbons (Fsp3) is 0.778. The molecule has 0 radical (unpaired) electrons. The van der Waals surface area contributed by atoms with Crippen molar-refractivity contribution in [2.75, 3.05) is 13.1 Å². The third-order valence-corrected chi connectivity index (χ3v) is 2.87. The van der Waals surface area contributed by atoms with E-state index in [1.54, 1.807) is 0 Å². The Morgan fingerprint density at radius 3 is 2.12 bits per heavy atom. The Morgan fingerprint density at radius 2 is 1.75 bits per heavy atom. The smallest absolute Gasteiger partial charge is 0.317 e. The molecule has 1 saturated heterocycles. The third kappa shape index (κ3) is 3.18. The largest absolute Gasteiger partial charge is 0.481 e. The van der Waals surface area contributed by atoms with Crippen LogP contribution in [-0.2, 0) is 9.59 Å². The van der Waals surface area contributed by atoms with Gasteiger partial charge in [0.05, 0.1) is 5.29 Å². The normalized spacial score (nSPS) is 17.4. The first-order chi connectivity index (χ1) is 7.54. The topological polar surface area (TPSA) is 107 Å². The molecule has 0 aromatic rings. The van der Waals surface area contributed by atoms with Crippen molar-refractivity contribution in [1.82, 2.24) is 5.01 Å². The highest BCUT2D eigenvalue weighted by Crippen LogP contribution is 2.24. The van der Waals surface area contributed by atoms with Gasteiger partial charge in [0.1, 0.15) is 0 Å². The van der Waals surface area contributed by atoms with Gasteiger partial charge in [0.15, 0.2) is 5.92 Å². The molecule has 90 valence electrons. The van der Waals surface area contributed by atoms with Crippen LogP contribution in [0.4, 0.5) is 0 Å². The minimum absolute atomic E-state index is 0.0372. The number of carboxylic acids is 2. The summed E-state index contributed by atoms with van der Waals surface area (Å²) in [5, 5.41) is 21.6. The molecular weight excluding hydrogens is 216 g/mol. The molecule has 0 amide bonds. The molecule has 0 aliphatic carbocycles. The predicted octanol–water partition coefficient (Wildman–Crippen LogP) is 0.555. The quantitative estimate of drug-likeness (QED) is 0.527. The van der Waals surface area contributed by atoms with Crippen molar-refractivity contribution in [2.24, 2.45) is 17.1 Å². The number of nitroso groups, excluding NO2 is 1. The summed E-state index contributed by atoms with van der Waals surface area (Å²) >= 11 is 0. The van der Waals surface area contributed by atoms with Gasteiger partial charge in [0.2, 0.25) is 0 Å². The predicted molar refractivity (Wildman–Crippen MR) is 53.5 cm³/mol. The van der Waals surface area contributed by atoms with Gasteiger partial charge in [0.25, 0.3) is 0 Å². The van der Waals surface area contributed by atoms with E-state index in [0.717, 1.165) is 0 Å². The maximum atomic E-state index is 10.7. The molecule has 1 aliphatic heterocycles. The van der Waals surface area contributed by atoms with Crippen molar-refractivity contribution in [3.63, 3.8) is 0 Å². The maximum Gasteiger partial charge on any atom is 0.317 e. The van der Waals surface area contributed by atoms with Gasteiger partial charge < -0.3 is 10.2 Å². The van der Waals surface area contributed by atoms with E-state index >= 15 is 0 Å². The van der Waals surface area contributed by atoms with E-state index in [1.165, 1.54) is 5.01 Å². The molecular formula is C9H14N2O5. The number of nitrogens with zero attached hydrogens (tertiary/aromatic N) is 2. The Hall–Kier alpha value is -1.66. The summed E-state index contributed by atoms with van der Waals surface area (Å²) in [6.07, 6.45) is 1.35. The molecule has 0 spiro atoms. The number of hydrogen-bond donors (Lipinski definition) is 2. The number of hydrogen-bond acceptors (Lipinski definition) is 4. The average Bonchev–Trinajstić information content (AvgIpc) is 2.25. The fourth-order valence-electron chi connectivity index (χ4n) is 1.88. The molecule has 0 aromatic heterocycles. The molecule has 2 N–H and O–H groups in total. The number of piperidine rings is 1. The van der Waals surface area contributed by atoms with E-state index in [1.807, 2.05) is 0 Å². The highest BCUT2D eigenvalue weighted by molar-refractivity contribution is 5.92. The van der Waals surface area contributed by atoms with Gasteiger partial charge in [0, 0.05) is 13.1 Å². The zero-order valence-electron chi connectivity index (χ0n) is 8.70. The molecule has 7 nitrogen and oxygen atoms in total. The summed E-state index contributed by atoms with van der Waals surface area (Å²) < 4.78 is 0. The summed E-state index contributed by atoms with van der Waals surface area (Å²) in [5.41, 5.74) is 0. The lowest BCUT2D eigenvalue weighted by Gasteiger charge is -2.28. The zero-order valence-corrected chi connectivity index (χ0v) is 8.70. The minimum Gasteiger partial charge on any atom is -0.481 e. The molecule has 0 atom stereocenters. The fourth-order valence-corrected chi connectivity index (χ4v) is 1.88. The Balaban J connectivity index is 2.45. The zero-order chi connectivity index (χ0) is 12.1. The van der Waals surface area contributed by atoms with Crippen molar-refractivity contribution < 1.29 is 19.8 Å². The van der Waals surface area contributed by atoms with Gasteiger partial charge in [-0.3, -0.25) is 14.6 Å². The van der Waals surface area contributed by atoms with Crippen LogP contribution in [0.2, 0.25) is 0 Å². The Morgan fingerprint density at radius 1 is 1.25 bits per heavy atom. The van der Waals surface area contributed by atoms with E-state index in [4.69, 9.17) is 10.2 Å². The Bertz CT molecular complexity index is 272. The highest BCUT2D eigenvalue weighted by Gasteiger charge is 2.30. The van der Waals surface area contributed by atoms with Crippen LogP contribution in [0.5, 0.6) is 0 Å². The summed E-state index contributed by atoms with van der Waals surface area (Å²) in [6.45, 7) is 0.945. The van der Waals surface area contributed by atoms with Crippen LogP contribution < -0.4 is 0 Å². The van der Waals surface area contributed by atoms with Gasteiger partial charge in [-0.25, -0.2) is 0 Å². The van der Waals surface area contributed by atoms with E-state index in [2.05, 4.69) is 5.29 Å². The molecule has 1 fully saturated rings. The van der Waals surface area contributed by atoms with Crippen molar-refractivity contribution in [3.8, 4) is 0 Å². The van der Waals surface area contributed by atoms with Crippen LogP contribution in [0.3, 0.4) is 0 Å². The lowest BCUT2D eigenvalue weighted by Crippen LogP contribution is -2.33. The third-order valence-electron chi connectivity index (χ3n) is 2.87. The van der Waals surface area contributed by atoms with Crippen molar-refractivity contribution in [3.05, 3.63) is 4.91 Å². The second kappa shape index (κ2) is 5.43. The van der Waals surface area contributed by atoms with Crippen molar-refractivity contribution >= 4 is 11.9 Å². The van der Waals surface area contributed by atoms with E-state index < -0.39 is 17.9 Å². The second-order valence-corrected chi connectivity index (χ2v) is 3.94. The maximum absolute atomic E-state index is 10.7. The minimum atomic E-state index is -1.35. The molecule has 16 heavy (non-hydrogen) atoms. The molecule has 1 heterocycles. The van der Waals surface area contributed by atoms with E-state index in [-0.39, 0.29) is 12.3 Å². The highest BCUT2D eigenvalue weighted by atomic mass is 16.4. The van der Waals surface area contributed by atoms with E-state index in [9.17, 15) is 14.5 Å². The Kier molecular flexibility index (Phi) is 4.21. The van der Waals surface area contributed by atoms with Gasteiger partial charge in [-0.1, -0.05) is 0 Å². The second-order valence-electron chi connectivity index (χ2n) is 3.94. The summed E-state index contributed by atoms with van der Waals surface area (Å²) in [6, 6.07) is 0. The summed E-state index contributed by atoms with van der Waals surface area (Å²) in [5.74, 6) is -3.91. The van der Waals surface area contributed by atoms with Gasteiger partial charge in [-0.15, -0.1) is 4.91 Å². The molecule has 7 heteroatoms. The average molecular weight is 230 g/mol. The first kappa shape index (κ1) is 12.4. The van der Waals surface area contributed by atoms with Crippen LogP contribution >= 0.6 is 0 Å². The van der Waals surface area contributed by atoms with E-state index in [0.29, 0.717) is 25.9 Å². The number of rotatable bonds is 5. The lowest BCUT2D eigenvalue weighted by atomic mass is 9.87. The summed E-state index contributed by atoms with van der Waals surface area (Å²) in [4.78, 5) is 31.5. The molecule has 0 bridgehead atoms. The monoisotopic (exact) mass is 230 g/mol. The van der Waals surface area contributed by atoms with Crippen LogP contribution in [0.1, 0.15) is 19.3 Å². The van der Waals surface area contributed by atoms with Crippen molar-refractivity contribution in [2.45, 2.75) is 19.3 Å². The number of carbonyl (C=O) groups is 2. The van der Waals surface area contributed by atoms with Gasteiger partial charge >= 0.3 is 11.9 Å².